The molecule has 0 amide bonds. The minimum Gasteiger partial charge on any atom is -0.490 e. The highest BCUT2D eigenvalue weighted by Gasteiger charge is 2.09. The normalized spacial score (nSPS) is 13.7. The van der Waals surface area contributed by atoms with E-state index in [4.69, 9.17) is 15.7 Å². The van der Waals surface area contributed by atoms with Crippen LogP contribution in [0, 0.1) is 12.8 Å². The molecule has 1 aromatic rings. The summed E-state index contributed by atoms with van der Waals surface area (Å²) in [6.45, 7) is 8.37. The summed E-state index contributed by atoms with van der Waals surface area (Å²) in [6.07, 6.45) is 1.19. The summed E-state index contributed by atoms with van der Waals surface area (Å²) in [5, 5.41) is 11.6. The number of amidine groups is 1. The molecule has 0 aromatic heterocycles. The molecule has 1 aromatic carbocycles. The minimum atomic E-state index is 0.111. The first kappa shape index (κ1) is 14.4. The van der Waals surface area contributed by atoms with Crippen LogP contribution < -0.4 is 10.5 Å². The van der Waals surface area contributed by atoms with Crippen molar-refractivity contribution in [1.82, 2.24) is 0 Å². The number of hydrogen-bond acceptors (Lipinski definition) is 3. The van der Waals surface area contributed by atoms with Crippen molar-refractivity contribution in [2.24, 2.45) is 16.8 Å². The molecule has 0 saturated heterocycles. The molecule has 1 atom stereocenters. The highest BCUT2D eigenvalue weighted by Crippen LogP contribution is 2.22. The highest BCUT2D eigenvalue weighted by atomic mass is 16.5. The number of nitrogens with two attached hydrogens (primary N) is 1. The zero-order valence-corrected chi connectivity index (χ0v) is 11.5. The molecule has 0 aliphatic carbocycles. The Morgan fingerprint density at radius 1 is 1.39 bits per heavy atom. The molecule has 100 valence electrons. The van der Waals surface area contributed by atoms with Gasteiger partial charge in [0.05, 0.1) is 6.10 Å². The van der Waals surface area contributed by atoms with Gasteiger partial charge in [-0.25, -0.2) is 0 Å². The molecule has 0 aliphatic rings. The van der Waals surface area contributed by atoms with E-state index in [0.29, 0.717) is 11.5 Å². The van der Waals surface area contributed by atoms with Crippen LogP contribution in [0.3, 0.4) is 0 Å². The van der Waals surface area contributed by atoms with Crippen LogP contribution in [-0.4, -0.2) is 17.1 Å². The Bertz CT molecular complexity index is 428. The number of nitrogens with zero attached hydrogens (tertiary/aromatic N) is 1. The van der Waals surface area contributed by atoms with Gasteiger partial charge in [-0.2, -0.15) is 0 Å². The Labute approximate surface area is 108 Å². The van der Waals surface area contributed by atoms with Crippen molar-refractivity contribution in [2.75, 3.05) is 0 Å². The topological polar surface area (TPSA) is 67.8 Å². The van der Waals surface area contributed by atoms with E-state index in [2.05, 4.69) is 25.9 Å². The fourth-order valence-electron chi connectivity index (χ4n) is 1.93. The van der Waals surface area contributed by atoms with Gasteiger partial charge in [0.15, 0.2) is 5.84 Å². The van der Waals surface area contributed by atoms with Crippen LogP contribution in [0.15, 0.2) is 23.4 Å². The first-order valence-corrected chi connectivity index (χ1v) is 6.19. The zero-order valence-electron chi connectivity index (χ0n) is 11.5. The largest absolute Gasteiger partial charge is 0.490 e. The molecule has 1 rings (SSSR count). The molecule has 0 saturated carbocycles. The quantitative estimate of drug-likeness (QED) is 0.365. The number of rotatable bonds is 5. The number of oxime groups is 1. The Morgan fingerprint density at radius 2 is 2.06 bits per heavy atom. The predicted molar refractivity (Wildman–Crippen MR) is 73.2 cm³/mol. The van der Waals surface area contributed by atoms with E-state index < -0.39 is 0 Å². The van der Waals surface area contributed by atoms with Crippen molar-refractivity contribution in [3.05, 3.63) is 29.3 Å². The van der Waals surface area contributed by atoms with Gasteiger partial charge in [0.25, 0.3) is 0 Å². The second-order valence-electron chi connectivity index (χ2n) is 5.02. The SMILES string of the molecule is Cc1cc(/C(N)=N/O)ccc1OC(C)CC(C)C. The number of benzene rings is 1. The second-order valence-corrected chi connectivity index (χ2v) is 5.02. The lowest BCUT2D eigenvalue weighted by molar-refractivity contribution is 0.192. The maximum atomic E-state index is 8.62. The molecule has 1 unspecified atom stereocenters. The molecule has 0 fully saturated rings. The third-order valence-corrected chi connectivity index (χ3v) is 2.71. The predicted octanol–water partition coefficient (Wildman–Crippen LogP) is 2.90. The highest BCUT2D eigenvalue weighted by molar-refractivity contribution is 5.97. The average molecular weight is 250 g/mol. The van der Waals surface area contributed by atoms with E-state index >= 15 is 0 Å². The summed E-state index contributed by atoms with van der Waals surface area (Å²) < 4.78 is 5.88. The summed E-state index contributed by atoms with van der Waals surface area (Å²) in [7, 11) is 0. The molecule has 4 nitrogen and oxygen atoms in total. The van der Waals surface area contributed by atoms with Gasteiger partial charge in [0.1, 0.15) is 5.75 Å². The van der Waals surface area contributed by atoms with Gasteiger partial charge in [-0.15, -0.1) is 0 Å². The maximum absolute atomic E-state index is 8.62. The van der Waals surface area contributed by atoms with Crippen LogP contribution in [0.4, 0.5) is 0 Å². The first-order valence-electron chi connectivity index (χ1n) is 6.19. The van der Waals surface area contributed by atoms with Crippen molar-refractivity contribution >= 4 is 5.84 Å². The number of aryl methyl sites for hydroxylation is 1. The molecule has 4 heteroatoms. The molecule has 0 aliphatic heterocycles. The molecule has 0 bridgehead atoms. The second kappa shape index (κ2) is 6.28. The summed E-state index contributed by atoms with van der Waals surface area (Å²) in [5.74, 6) is 1.56. The summed E-state index contributed by atoms with van der Waals surface area (Å²) in [4.78, 5) is 0. The van der Waals surface area contributed by atoms with Crippen molar-refractivity contribution in [3.8, 4) is 5.75 Å². The van der Waals surface area contributed by atoms with Gasteiger partial charge in [0, 0.05) is 5.56 Å². The van der Waals surface area contributed by atoms with E-state index in [1.807, 2.05) is 19.1 Å². The minimum absolute atomic E-state index is 0.111. The van der Waals surface area contributed by atoms with Crippen LogP contribution in [0.5, 0.6) is 5.75 Å². The molecule has 18 heavy (non-hydrogen) atoms. The van der Waals surface area contributed by atoms with Crippen LogP contribution in [0.2, 0.25) is 0 Å². The summed E-state index contributed by atoms with van der Waals surface area (Å²) in [6, 6.07) is 5.51. The van der Waals surface area contributed by atoms with Crippen molar-refractivity contribution in [2.45, 2.75) is 40.2 Å². The van der Waals surface area contributed by atoms with Gasteiger partial charge in [-0.3, -0.25) is 0 Å². The lowest BCUT2D eigenvalue weighted by atomic mass is 10.1. The van der Waals surface area contributed by atoms with E-state index in [-0.39, 0.29) is 11.9 Å². The summed E-state index contributed by atoms with van der Waals surface area (Å²) in [5.41, 5.74) is 7.21. The average Bonchev–Trinajstić information content (AvgIpc) is 2.29. The fourth-order valence-corrected chi connectivity index (χ4v) is 1.93. The van der Waals surface area contributed by atoms with E-state index in [9.17, 15) is 0 Å². The van der Waals surface area contributed by atoms with Crippen molar-refractivity contribution in [3.63, 3.8) is 0 Å². The monoisotopic (exact) mass is 250 g/mol. The first-order chi connectivity index (χ1) is 8.43. The van der Waals surface area contributed by atoms with Crippen LogP contribution >= 0.6 is 0 Å². The van der Waals surface area contributed by atoms with E-state index in [1.54, 1.807) is 6.07 Å². The number of ether oxygens (including phenoxy) is 1. The molecular formula is C14H22N2O2. The van der Waals surface area contributed by atoms with Crippen LogP contribution in [0.25, 0.3) is 0 Å². The third-order valence-electron chi connectivity index (χ3n) is 2.71. The van der Waals surface area contributed by atoms with Gasteiger partial charge in [0.2, 0.25) is 0 Å². The lowest BCUT2D eigenvalue weighted by Crippen LogP contribution is -2.16. The lowest BCUT2D eigenvalue weighted by Gasteiger charge is -2.18. The summed E-state index contributed by atoms with van der Waals surface area (Å²) >= 11 is 0. The van der Waals surface area contributed by atoms with Crippen molar-refractivity contribution < 1.29 is 9.94 Å². The maximum Gasteiger partial charge on any atom is 0.170 e. The third kappa shape index (κ3) is 3.95. The Kier molecular flexibility index (Phi) is 5.01. The Morgan fingerprint density at radius 3 is 2.56 bits per heavy atom. The van der Waals surface area contributed by atoms with E-state index in [0.717, 1.165) is 17.7 Å². The van der Waals surface area contributed by atoms with Gasteiger partial charge in [-0.05, 0) is 49.9 Å². The van der Waals surface area contributed by atoms with Gasteiger partial charge in [-0.1, -0.05) is 19.0 Å². The molecule has 3 N–H and O–H groups in total. The number of hydrogen-bond donors (Lipinski definition) is 2. The molecule has 0 spiro atoms. The van der Waals surface area contributed by atoms with Crippen molar-refractivity contribution in [1.29, 1.82) is 0 Å². The smallest absolute Gasteiger partial charge is 0.170 e. The fraction of sp³-hybridized carbons (Fsp3) is 0.500. The Hall–Kier alpha value is -1.71. The van der Waals surface area contributed by atoms with Crippen LogP contribution in [-0.2, 0) is 0 Å². The molecule has 0 heterocycles. The molecular weight excluding hydrogens is 228 g/mol. The molecule has 0 radical (unpaired) electrons. The van der Waals surface area contributed by atoms with Gasteiger partial charge >= 0.3 is 0 Å². The van der Waals surface area contributed by atoms with Crippen LogP contribution in [0.1, 0.15) is 38.3 Å². The standard InChI is InChI=1S/C14H22N2O2/c1-9(2)7-11(4)18-13-6-5-12(8-10(13)3)14(15)16-17/h5-6,8-9,11,17H,7H2,1-4H3,(H2,15,16). The zero-order chi connectivity index (χ0) is 13.7. The van der Waals surface area contributed by atoms with E-state index in [1.165, 1.54) is 0 Å². The Balaban J connectivity index is 2.80. The van der Waals surface area contributed by atoms with Gasteiger partial charge < -0.3 is 15.7 Å².